The molecule has 0 aliphatic rings. The molecule has 0 spiro atoms. The lowest BCUT2D eigenvalue weighted by molar-refractivity contribution is -0.141. The number of hydrogen-bond acceptors (Lipinski definition) is 3. The van der Waals surface area contributed by atoms with Gasteiger partial charge in [-0.05, 0) is 20.8 Å². The van der Waals surface area contributed by atoms with Gasteiger partial charge in [0.05, 0.1) is 18.6 Å². The van der Waals surface area contributed by atoms with E-state index in [0.29, 0.717) is 0 Å². The molecule has 8 heteroatoms. The zero-order valence-electron chi connectivity index (χ0n) is 9.68. The number of aromatic amines is 1. The van der Waals surface area contributed by atoms with Crippen LogP contribution in [0.2, 0.25) is 0 Å². The van der Waals surface area contributed by atoms with Crippen LogP contribution in [0.3, 0.4) is 0 Å². The van der Waals surface area contributed by atoms with Gasteiger partial charge in [-0.3, -0.25) is 0 Å². The van der Waals surface area contributed by atoms with Crippen molar-refractivity contribution in [2.24, 2.45) is 0 Å². The highest BCUT2D eigenvalue weighted by atomic mass is 32.2. The molecule has 1 unspecified atom stereocenters. The summed E-state index contributed by atoms with van der Waals surface area (Å²) < 4.78 is 51.0. The minimum Gasteiger partial charge on any atom is -0.598 e. The van der Waals surface area contributed by atoms with Crippen molar-refractivity contribution in [3.8, 4) is 0 Å². The van der Waals surface area contributed by atoms with Crippen molar-refractivity contribution in [3.63, 3.8) is 0 Å². The summed E-state index contributed by atoms with van der Waals surface area (Å²) in [4.78, 5) is 5.60. The fourth-order valence-electron chi connectivity index (χ4n) is 1.05. The molecular weight excluding hydrogens is 255 g/mol. The summed E-state index contributed by atoms with van der Waals surface area (Å²) >= 11 is -1.42. The molecule has 0 saturated carbocycles. The fourth-order valence-corrected chi connectivity index (χ4v) is 1.76. The Bertz CT molecular complexity index is 372. The fraction of sp³-hybridized carbons (Fsp3) is 0.667. The normalized spacial score (nSPS) is 15.0. The smallest absolute Gasteiger partial charge is 0.435 e. The average Bonchev–Trinajstić information content (AvgIpc) is 2.59. The van der Waals surface area contributed by atoms with Crippen molar-refractivity contribution in [1.29, 1.82) is 0 Å². The number of alkyl halides is 3. The predicted molar refractivity (Wildman–Crippen MR) is 58.3 cm³/mol. The molecule has 0 aliphatic carbocycles. The van der Waals surface area contributed by atoms with E-state index in [4.69, 9.17) is 0 Å². The molecule has 4 nitrogen and oxygen atoms in total. The van der Waals surface area contributed by atoms with Crippen LogP contribution in [0.15, 0.2) is 6.33 Å². The molecule has 17 heavy (non-hydrogen) atoms. The van der Waals surface area contributed by atoms with Gasteiger partial charge in [-0.2, -0.15) is 13.2 Å². The second-order valence-corrected chi connectivity index (χ2v) is 6.48. The number of nitrogens with one attached hydrogen (secondary N) is 2. The molecule has 1 rings (SSSR count). The quantitative estimate of drug-likeness (QED) is 0.825. The first-order valence-electron chi connectivity index (χ1n) is 4.87. The monoisotopic (exact) mass is 269 g/mol. The largest absolute Gasteiger partial charge is 0.598 e. The first-order chi connectivity index (χ1) is 7.62. The van der Waals surface area contributed by atoms with E-state index in [-0.39, 0.29) is 12.2 Å². The van der Waals surface area contributed by atoms with Crippen molar-refractivity contribution in [3.05, 3.63) is 17.7 Å². The van der Waals surface area contributed by atoms with E-state index in [2.05, 4.69) is 14.7 Å². The van der Waals surface area contributed by atoms with Crippen molar-refractivity contribution < 1.29 is 17.7 Å². The van der Waals surface area contributed by atoms with E-state index in [1.165, 1.54) is 0 Å². The highest BCUT2D eigenvalue weighted by Crippen LogP contribution is 2.29. The Morgan fingerprint density at radius 3 is 2.47 bits per heavy atom. The zero-order chi connectivity index (χ0) is 13.3. The molecule has 1 atom stereocenters. The summed E-state index contributed by atoms with van der Waals surface area (Å²) in [6, 6.07) is 0. The van der Waals surface area contributed by atoms with E-state index in [1.54, 1.807) is 20.8 Å². The lowest BCUT2D eigenvalue weighted by Crippen LogP contribution is -2.39. The molecule has 0 aliphatic heterocycles. The van der Waals surface area contributed by atoms with Crippen LogP contribution in [0.25, 0.3) is 0 Å². The molecule has 0 radical (unpaired) electrons. The summed E-state index contributed by atoms with van der Waals surface area (Å²) in [5, 5.41) is 0. The maximum Gasteiger partial charge on any atom is 0.435 e. The van der Waals surface area contributed by atoms with Crippen LogP contribution < -0.4 is 4.72 Å². The third kappa shape index (κ3) is 3.90. The highest BCUT2D eigenvalue weighted by molar-refractivity contribution is 7.90. The third-order valence-corrected chi connectivity index (χ3v) is 3.44. The highest BCUT2D eigenvalue weighted by Gasteiger charge is 2.36. The van der Waals surface area contributed by atoms with Crippen molar-refractivity contribution in [2.75, 3.05) is 0 Å². The van der Waals surface area contributed by atoms with Gasteiger partial charge < -0.3 is 9.54 Å². The minimum atomic E-state index is -4.50. The van der Waals surface area contributed by atoms with Crippen LogP contribution in [0.5, 0.6) is 0 Å². The molecular formula is C9H14F3N3OS. The summed E-state index contributed by atoms with van der Waals surface area (Å²) in [7, 11) is 0. The summed E-state index contributed by atoms with van der Waals surface area (Å²) in [5.74, 6) is 0. The predicted octanol–water partition coefficient (Wildman–Crippen LogP) is 1.98. The van der Waals surface area contributed by atoms with Crippen molar-refractivity contribution in [2.45, 2.75) is 38.2 Å². The van der Waals surface area contributed by atoms with Gasteiger partial charge in [0.2, 0.25) is 0 Å². The number of H-pyrrole nitrogens is 1. The molecule has 0 aromatic carbocycles. The molecule has 1 heterocycles. The van der Waals surface area contributed by atoms with Gasteiger partial charge in [0.25, 0.3) is 0 Å². The maximum absolute atomic E-state index is 12.5. The van der Waals surface area contributed by atoms with Crippen LogP contribution in [-0.2, 0) is 24.1 Å². The Hall–Kier alpha value is -0.730. The second-order valence-electron chi connectivity index (χ2n) is 4.43. The molecule has 0 amide bonds. The molecule has 0 bridgehead atoms. The third-order valence-electron chi connectivity index (χ3n) is 1.92. The zero-order valence-corrected chi connectivity index (χ0v) is 10.5. The van der Waals surface area contributed by atoms with Crippen LogP contribution in [0.4, 0.5) is 13.2 Å². The van der Waals surface area contributed by atoms with Gasteiger partial charge in [0, 0.05) is 11.4 Å². The number of nitrogens with zero attached hydrogens (tertiary/aromatic N) is 1. The van der Waals surface area contributed by atoms with Gasteiger partial charge in [-0.15, -0.1) is 4.72 Å². The maximum atomic E-state index is 12.5. The Labute approximate surface area is 100 Å². The van der Waals surface area contributed by atoms with Crippen molar-refractivity contribution >= 4 is 11.4 Å². The average molecular weight is 269 g/mol. The van der Waals surface area contributed by atoms with E-state index in [0.717, 1.165) is 6.33 Å². The topological polar surface area (TPSA) is 63.8 Å². The van der Waals surface area contributed by atoms with Gasteiger partial charge in [-0.1, -0.05) is 0 Å². The van der Waals surface area contributed by atoms with Crippen molar-refractivity contribution in [1.82, 2.24) is 14.7 Å². The Kier molecular flexibility index (Phi) is 4.11. The van der Waals surface area contributed by atoms with E-state index in [1.807, 2.05) is 0 Å². The molecule has 1 aromatic rings. The van der Waals surface area contributed by atoms with E-state index in [9.17, 15) is 17.7 Å². The molecule has 1 aromatic heterocycles. The number of imidazole rings is 1. The Morgan fingerprint density at radius 2 is 2.00 bits per heavy atom. The minimum absolute atomic E-state index is 0.116. The number of aromatic nitrogens is 2. The van der Waals surface area contributed by atoms with E-state index >= 15 is 0 Å². The SMILES string of the molecule is CC(C)(C)[S+]([O-])NCc1[nH]cnc1C(F)(F)F. The second kappa shape index (κ2) is 4.87. The first kappa shape index (κ1) is 14.3. The molecule has 0 fully saturated rings. The summed E-state index contributed by atoms with van der Waals surface area (Å²) in [6.45, 7) is 5.02. The van der Waals surface area contributed by atoms with Gasteiger partial charge in [0.15, 0.2) is 5.69 Å². The lowest BCUT2D eigenvalue weighted by Gasteiger charge is -2.23. The lowest BCUT2D eigenvalue weighted by atomic mass is 10.3. The number of rotatable bonds is 3. The summed E-state index contributed by atoms with van der Waals surface area (Å²) in [5.41, 5.74) is -1.09. The van der Waals surface area contributed by atoms with Gasteiger partial charge >= 0.3 is 6.18 Å². The van der Waals surface area contributed by atoms with E-state index < -0.39 is 28.0 Å². The first-order valence-corrected chi connectivity index (χ1v) is 6.02. The molecule has 98 valence electrons. The van der Waals surface area contributed by atoms with Crippen LogP contribution in [0, 0.1) is 0 Å². The van der Waals surface area contributed by atoms with Gasteiger partial charge in [0.1, 0.15) is 4.75 Å². The standard InChI is InChI=1S/C9H14F3N3OS/c1-8(2,3)17(16)15-4-6-7(9(10,11)12)14-5-13-6/h5,15H,4H2,1-3H3,(H,13,14). The van der Waals surface area contributed by atoms with Crippen LogP contribution in [-0.4, -0.2) is 19.3 Å². The van der Waals surface area contributed by atoms with Crippen LogP contribution >= 0.6 is 0 Å². The summed E-state index contributed by atoms with van der Waals surface area (Å²) in [6.07, 6.45) is -3.53. The number of hydrogen-bond donors (Lipinski definition) is 2. The Balaban J connectivity index is 2.68. The number of halogens is 3. The molecule has 2 N–H and O–H groups in total. The molecule has 0 saturated heterocycles. The Morgan fingerprint density at radius 1 is 1.41 bits per heavy atom. The van der Waals surface area contributed by atoms with Crippen LogP contribution in [0.1, 0.15) is 32.2 Å². The van der Waals surface area contributed by atoms with Gasteiger partial charge in [-0.25, -0.2) is 4.98 Å².